The van der Waals surface area contributed by atoms with Crippen molar-refractivity contribution in [1.29, 1.82) is 0 Å². The summed E-state index contributed by atoms with van der Waals surface area (Å²) < 4.78 is 5.91. The number of aryl methyl sites for hydroxylation is 1. The first kappa shape index (κ1) is 25.7. The van der Waals surface area contributed by atoms with Crippen LogP contribution in [0.1, 0.15) is 42.9 Å². The van der Waals surface area contributed by atoms with E-state index in [0.29, 0.717) is 18.6 Å². The number of nitrogens with one attached hydrogen (secondary N) is 1. The fraction of sp³-hybridized carbons (Fsp3) is 0.233. The van der Waals surface area contributed by atoms with Crippen molar-refractivity contribution in [3.8, 4) is 5.75 Å². The van der Waals surface area contributed by atoms with E-state index < -0.39 is 5.97 Å². The zero-order chi connectivity index (χ0) is 26.0. The van der Waals surface area contributed by atoms with Crippen molar-refractivity contribution in [3.05, 3.63) is 107 Å². The van der Waals surface area contributed by atoms with E-state index in [1.807, 2.05) is 72.8 Å². The van der Waals surface area contributed by atoms with E-state index in [-0.39, 0.29) is 24.7 Å². The van der Waals surface area contributed by atoms with Gasteiger partial charge in [0.2, 0.25) is 0 Å². The molecule has 1 heterocycles. The minimum atomic E-state index is -1.12. The lowest BCUT2D eigenvalue weighted by atomic mass is 9.97. The van der Waals surface area contributed by atoms with Gasteiger partial charge < -0.3 is 15.2 Å². The Labute approximate surface area is 217 Å². The minimum absolute atomic E-state index is 0.0536. The van der Waals surface area contributed by atoms with Gasteiger partial charge in [0.15, 0.2) is 0 Å². The number of nitrogens with zero attached hydrogens (tertiary/aromatic N) is 2. The molecular weight excluding hydrogens is 466 g/mol. The van der Waals surface area contributed by atoms with Gasteiger partial charge in [-0.2, -0.15) is 5.10 Å². The van der Waals surface area contributed by atoms with Crippen molar-refractivity contribution < 1.29 is 19.4 Å². The molecule has 0 unspecified atom stereocenters. The molecule has 190 valence electrons. The number of amides is 1. The number of benzene rings is 3. The summed E-state index contributed by atoms with van der Waals surface area (Å²) >= 11 is 0. The molecule has 4 rings (SSSR count). The third-order valence-corrected chi connectivity index (χ3v) is 6.15. The number of carbonyl (C=O) groups is 2. The molecule has 0 saturated carbocycles. The first-order valence-corrected chi connectivity index (χ1v) is 12.5. The van der Waals surface area contributed by atoms with E-state index >= 15 is 0 Å². The minimum Gasteiger partial charge on any atom is -0.489 e. The SMILES string of the molecule is CC/C(=N\N1CNC(c2ccc(OCc3ccccc3)cc2)=C(CCCc2ccccc2)C1=O)C(=O)O. The van der Waals surface area contributed by atoms with Crippen molar-refractivity contribution in [2.45, 2.75) is 39.2 Å². The number of hydrazone groups is 1. The van der Waals surface area contributed by atoms with Gasteiger partial charge in [-0.3, -0.25) is 4.79 Å². The molecule has 0 aromatic heterocycles. The normalized spacial score (nSPS) is 13.9. The average molecular weight is 498 g/mol. The molecule has 37 heavy (non-hydrogen) atoms. The fourth-order valence-corrected chi connectivity index (χ4v) is 4.17. The van der Waals surface area contributed by atoms with Crippen molar-refractivity contribution >= 4 is 23.3 Å². The average Bonchev–Trinajstić information content (AvgIpc) is 2.93. The van der Waals surface area contributed by atoms with E-state index in [1.165, 1.54) is 10.6 Å². The Morgan fingerprint density at radius 1 is 0.946 bits per heavy atom. The lowest BCUT2D eigenvalue weighted by Crippen LogP contribution is -2.42. The predicted molar refractivity (Wildman–Crippen MR) is 144 cm³/mol. The number of carbonyl (C=O) groups excluding carboxylic acids is 1. The number of hydrogen-bond donors (Lipinski definition) is 2. The lowest BCUT2D eigenvalue weighted by Gasteiger charge is -2.29. The molecule has 0 aliphatic carbocycles. The first-order valence-electron chi connectivity index (χ1n) is 12.5. The Morgan fingerprint density at radius 3 is 2.22 bits per heavy atom. The van der Waals surface area contributed by atoms with Crippen LogP contribution in [0, 0.1) is 0 Å². The first-order chi connectivity index (χ1) is 18.0. The molecule has 7 heteroatoms. The van der Waals surface area contributed by atoms with E-state index in [9.17, 15) is 14.7 Å². The van der Waals surface area contributed by atoms with E-state index in [0.717, 1.165) is 35.4 Å². The summed E-state index contributed by atoms with van der Waals surface area (Å²) in [7, 11) is 0. The van der Waals surface area contributed by atoms with Gasteiger partial charge >= 0.3 is 5.97 Å². The Bertz CT molecular complexity index is 1270. The second-order valence-corrected chi connectivity index (χ2v) is 8.74. The van der Waals surface area contributed by atoms with Crippen molar-refractivity contribution in [2.75, 3.05) is 6.67 Å². The van der Waals surface area contributed by atoms with Crippen LogP contribution in [0.2, 0.25) is 0 Å². The van der Waals surface area contributed by atoms with Gasteiger partial charge in [-0.05, 0) is 66.6 Å². The van der Waals surface area contributed by atoms with Crippen LogP contribution in [0.25, 0.3) is 5.70 Å². The summed E-state index contributed by atoms with van der Waals surface area (Å²) in [4.78, 5) is 24.9. The number of carboxylic acids is 1. The van der Waals surface area contributed by atoms with Crippen LogP contribution in [0.15, 0.2) is 95.6 Å². The van der Waals surface area contributed by atoms with E-state index in [2.05, 4.69) is 22.6 Å². The van der Waals surface area contributed by atoms with Crippen LogP contribution < -0.4 is 10.1 Å². The van der Waals surface area contributed by atoms with Gasteiger partial charge in [0.1, 0.15) is 24.7 Å². The molecule has 7 nitrogen and oxygen atoms in total. The number of hydrogen-bond acceptors (Lipinski definition) is 5. The van der Waals surface area contributed by atoms with E-state index in [1.54, 1.807) is 6.92 Å². The summed E-state index contributed by atoms with van der Waals surface area (Å²) in [5.74, 6) is -0.665. The highest BCUT2D eigenvalue weighted by Crippen LogP contribution is 2.27. The predicted octanol–water partition coefficient (Wildman–Crippen LogP) is 5.24. The molecule has 0 fully saturated rings. The number of rotatable bonds is 11. The van der Waals surface area contributed by atoms with Gasteiger partial charge in [-0.1, -0.05) is 67.6 Å². The zero-order valence-corrected chi connectivity index (χ0v) is 20.9. The molecule has 1 aliphatic heterocycles. The third kappa shape index (κ3) is 6.85. The van der Waals surface area contributed by atoms with Gasteiger partial charge in [-0.25, -0.2) is 9.80 Å². The van der Waals surface area contributed by atoms with Crippen molar-refractivity contribution in [2.24, 2.45) is 5.10 Å². The highest BCUT2D eigenvalue weighted by atomic mass is 16.5. The van der Waals surface area contributed by atoms with Crippen LogP contribution >= 0.6 is 0 Å². The van der Waals surface area contributed by atoms with Gasteiger partial charge in [0.25, 0.3) is 5.91 Å². The summed E-state index contributed by atoms with van der Waals surface area (Å²) in [6.45, 7) is 2.28. The lowest BCUT2D eigenvalue weighted by molar-refractivity contribution is -0.129. The van der Waals surface area contributed by atoms with Gasteiger partial charge in [-0.15, -0.1) is 0 Å². The molecule has 1 amide bonds. The maximum Gasteiger partial charge on any atom is 0.352 e. The third-order valence-electron chi connectivity index (χ3n) is 6.15. The quantitative estimate of drug-likeness (QED) is 0.354. The number of aliphatic carboxylic acids is 1. The Kier molecular flexibility index (Phi) is 8.70. The summed E-state index contributed by atoms with van der Waals surface area (Å²) in [6.07, 6.45) is 2.35. The van der Waals surface area contributed by atoms with Crippen LogP contribution in [0.5, 0.6) is 5.75 Å². The topological polar surface area (TPSA) is 91.2 Å². The highest BCUT2D eigenvalue weighted by molar-refractivity contribution is 6.35. The van der Waals surface area contributed by atoms with Crippen molar-refractivity contribution in [3.63, 3.8) is 0 Å². The number of carboxylic acid groups (broad SMARTS) is 1. The highest BCUT2D eigenvalue weighted by Gasteiger charge is 2.28. The van der Waals surface area contributed by atoms with Crippen LogP contribution in [0.4, 0.5) is 0 Å². The Hall–Kier alpha value is -4.39. The van der Waals surface area contributed by atoms with Crippen LogP contribution in [-0.2, 0) is 22.6 Å². The van der Waals surface area contributed by atoms with Gasteiger partial charge in [0, 0.05) is 5.57 Å². The molecule has 0 radical (unpaired) electrons. The zero-order valence-electron chi connectivity index (χ0n) is 20.9. The molecule has 0 atom stereocenters. The van der Waals surface area contributed by atoms with Crippen LogP contribution in [-0.4, -0.2) is 34.4 Å². The van der Waals surface area contributed by atoms with Gasteiger partial charge in [0.05, 0.1) is 5.70 Å². The molecule has 0 spiro atoms. The molecular formula is C30H31N3O4. The second-order valence-electron chi connectivity index (χ2n) is 8.74. The van der Waals surface area contributed by atoms with E-state index in [4.69, 9.17) is 4.74 Å². The number of ether oxygens (including phenoxy) is 1. The molecule has 0 bridgehead atoms. The fourth-order valence-electron chi connectivity index (χ4n) is 4.17. The Morgan fingerprint density at radius 2 is 1.59 bits per heavy atom. The smallest absolute Gasteiger partial charge is 0.352 e. The standard InChI is InChI=1S/C30H31N3O4/c1-2-27(30(35)36)32-33-21-31-28(26(29(33)34)15-9-14-22-10-5-3-6-11-22)24-16-18-25(19-17-24)37-20-23-12-7-4-8-13-23/h3-8,10-13,16-19,31H,2,9,14-15,20-21H2,1H3,(H,35,36)/b32-27+. The molecule has 3 aromatic rings. The molecule has 1 aliphatic rings. The van der Waals surface area contributed by atoms with Crippen molar-refractivity contribution in [1.82, 2.24) is 10.3 Å². The monoisotopic (exact) mass is 497 g/mol. The maximum atomic E-state index is 13.5. The largest absolute Gasteiger partial charge is 0.489 e. The summed E-state index contributed by atoms with van der Waals surface area (Å²) in [5, 5.41) is 18.0. The molecule has 2 N–H and O–H groups in total. The Balaban J connectivity index is 1.55. The molecule has 3 aromatic carbocycles. The molecule has 0 saturated heterocycles. The summed E-state index contributed by atoms with van der Waals surface area (Å²) in [6, 6.07) is 27.7. The van der Waals surface area contributed by atoms with Crippen LogP contribution in [0.3, 0.4) is 0 Å². The summed E-state index contributed by atoms with van der Waals surface area (Å²) in [5.41, 5.74) is 4.44. The second kappa shape index (κ2) is 12.5. The maximum absolute atomic E-state index is 13.5.